The maximum atomic E-state index is 10.3. The normalized spacial score (nSPS) is 10.1. The molecule has 0 rings (SSSR count). The van der Waals surface area contributed by atoms with Gasteiger partial charge >= 0.3 is 5.97 Å². The van der Waals surface area contributed by atoms with Crippen molar-refractivity contribution in [1.29, 1.82) is 10.8 Å². The van der Waals surface area contributed by atoms with Crippen LogP contribution in [0.15, 0.2) is 12.2 Å². The lowest BCUT2D eigenvalue weighted by atomic mass is 10.1. The van der Waals surface area contributed by atoms with Gasteiger partial charge in [-0.3, -0.25) is 4.79 Å². The molecule has 0 spiro atoms. The second-order valence-electron chi connectivity index (χ2n) is 5.85. The second kappa shape index (κ2) is 22.9. The smallest absolute Gasteiger partial charge is 0.303 e. The molecule has 0 aliphatic heterocycles. The van der Waals surface area contributed by atoms with Crippen LogP contribution in [0.1, 0.15) is 96.8 Å². The van der Waals surface area contributed by atoms with Crippen LogP contribution in [0.5, 0.6) is 0 Å². The summed E-state index contributed by atoms with van der Waals surface area (Å²) in [6.07, 6.45) is 21.2. The summed E-state index contributed by atoms with van der Waals surface area (Å²) < 4.78 is 0. The van der Waals surface area contributed by atoms with E-state index >= 15 is 0 Å². The number of carbonyl (C=O) groups is 1. The minimum atomic E-state index is -0.664. The molecule has 0 aliphatic rings. The highest BCUT2D eigenvalue weighted by Crippen LogP contribution is 2.09. The zero-order chi connectivity index (χ0) is 17.6. The van der Waals surface area contributed by atoms with Crippen LogP contribution in [0, 0.1) is 10.8 Å². The van der Waals surface area contributed by atoms with Crippen LogP contribution >= 0.6 is 0 Å². The number of allylic oxidation sites excluding steroid dienone is 2. The molecule has 0 bridgehead atoms. The summed E-state index contributed by atoms with van der Waals surface area (Å²) in [5, 5.41) is 19.8. The van der Waals surface area contributed by atoms with Gasteiger partial charge in [0.05, 0.1) is 6.01 Å². The largest absolute Gasteiger partial charge is 0.481 e. The molecule has 0 saturated carbocycles. The van der Waals surface area contributed by atoms with E-state index in [4.69, 9.17) is 15.9 Å². The molecule has 134 valence electrons. The zero-order valence-electron chi connectivity index (χ0n) is 14.9. The van der Waals surface area contributed by atoms with Crippen molar-refractivity contribution in [2.45, 2.75) is 96.8 Å². The van der Waals surface area contributed by atoms with Crippen LogP contribution < -0.4 is 0 Å². The van der Waals surface area contributed by atoms with Gasteiger partial charge in [0, 0.05) is 6.42 Å². The number of aliphatic carboxylic acids is 1. The van der Waals surface area contributed by atoms with Crippen LogP contribution in [0.25, 0.3) is 0 Å². The Balaban J connectivity index is 0. The van der Waals surface area contributed by atoms with Crippen molar-refractivity contribution in [2.24, 2.45) is 0 Å². The third-order valence-corrected chi connectivity index (χ3v) is 3.65. The number of carboxylic acids is 1. The molecule has 0 saturated heterocycles. The number of hydrogen-bond acceptors (Lipinski definition) is 3. The molecule has 4 nitrogen and oxygen atoms in total. The molecular formula is C19H36N2O2. The SMILES string of the molecule is CCCCCCCC/C=C\CCCCCCCC(=O)O.N=C=N. The Hall–Kier alpha value is -1.41. The second-order valence-corrected chi connectivity index (χ2v) is 5.85. The van der Waals surface area contributed by atoms with Crippen LogP contribution in [-0.2, 0) is 4.79 Å². The molecule has 0 aromatic heterocycles. The first kappa shape index (κ1) is 23.9. The van der Waals surface area contributed by atoms with E-state index in [1.807, 2.05) is 0 Å². The lowest BCUT2D eigenvalue weighted by Crippen LogP contribution is -1.93. The predicted molar refractivity (Wildman–Crippen MR) is 97.5 cm³/mol. The number of nitrogens with one attached hydrogen (secondary N) is 2. The van der Waals surface area contributed by atoms with Crippen molar-refractivity contribution in [3.63, 3.8) is 0 Å². The number of hydrogen-bond donors (Lipinski definition) is 3. The van der Waals surface area contributed by atoms with Gasteiger partial charge in [-0.05, 0) is 32.1 Å². The zero-order valence-corrected chi connectivity index (χ0v) is 14.9. The van der Waals surface area contributed by atoms with Gasteiger partial charge < -0.3 is 5.11 Å². The maximum Gasteiger partial charge on any atom is 0.303 e. The molecule has 0 fully saturated rings. The fourth-order valence-corrected chi connectivity index (χ4v) is 2.35. The van der Waals surface area contributed by atoms with Crippen molar-refractivity contribution < 1.29 is 9.90 Å². The van der Waals surface area contributed by atoms with Gasteiger partial charge in [-0.15, -0.1) is 0 Å². The van der Waals surface area contributed by atoms with E-state index in [9.17, 15) is 4.79 Å². The summed E-state index contributed by atoms with van der Waals surface area (Å²) >= 11 is 0. The Morgan fingerprint density at radius 3 is 1.65 bits per heavy atom. The molecule has 0 atom stereocenters. The fraction of sp³-hybridized carbons (Fsp3) is 0.789. The molecule has 0 amide bonds. The van der Waals surface area contributed by atoms with Crippen LogP contribution in [0.3, 0.4) is 0 Å². The highest BCUT2D eigenvalue weighted by Gasteiger charge is 1.95. The summed E-state index contributed by atoms with van der Waals surface area (Å²) in [7, 11) is 0. The van der Waals surface area contributed by atoms with Gasteiger partial charge in [-0.1, -0.05) is 70.4 Å². The molecule has 23 heavy (non-hydrogen) atoms. The minimum Gasteiger partial charge on any atom is -0.481 e. The van der Waals surface area contributed by atoms with Crippen molar-refractivity contribution in [3.8, 4) is 0 Å². The van der Waals surface area contributed by atoms with Crippen LogP contribution in [-0.4, -0.2) is 17.1 Å². The number of unbranched alkanes of at least 4 members (excludes halogenated alkanes) is 11. The monoisotopic (exact) mass is 324 g/mol. The van der Waals surface area contributed by atoms with Gasteiger partial charge in [-0.25, -0.2) is 10.8 Å². The molecule has 0 aromatic rings. The summed E-state index contributed by atoms with van der Waals surface area (Å²) in [4.78, 5) is 10.3. The summed E-state index contributed by atoms with van der Waals surface area (Å²) in [6, 6.07) is 1.25. The molecule has 0 aliphatic carbocycles. The molecule has 0 aromatic carbocycles. The quantitative estimate of drug-likeness (QED) is 0.184. The van der Waals surface area contributed by atoms with Gasteiger partial charge in [-0.2, -0.15) is 0 Å². The van der Waals surface area contributed by atoms with E-state index in [-0.39, 0.29) is 0 Å². The number of carboxylic acid groups (broad SMARTS) is 1. The van der Waals surface area contributed by atoms with Crippen LogP contribution in [0.4, 0.5) is 0 Å². The third kappa shape index (κ3) is 29.3. The predicted octanol–water partition coefficient (Wildman–Crippen LogP) is 6.43. The van der Waals surface area contributed by atoms with E-state index < -0.39 is 5.97 Å². The van der Waals surface area contributed by atoms with E-state index in [2.05, 4.69) is 19.1 Å². The highest BCUT2D eigenvalue weighted by molar-refractivity contribution is 5.66. The van der Waals surface area contributed by atoms with Crippen molar-refractivity contribution >= 4 is 12.0 Å². The third-order valence-electron chi connectivity index (χ3n) is 3.65. The Morgan fingerprint density at radius 1 is 0.826 bits per heavy atom. The van der Waals surface area contributed by atoms with Crippen molar-refractivity contribution in [2.75, 3.05) is 0 Å². The molecular weight excluding hydrogens is 288 g/mol. The summed E-state index contributed by atoms with van der Waals surface area (Å²) in [5.41, 5.74) is 0. The molecule has 0 heterocycles. The molecule has 4 heteroatoms. The number of rotatable bonds is 15. The topological polar surface area (TPSA) is 85.0 Å². The van der Waals surface area contributed by atoms with Gasteiger partial charge in [0.1, 0.15) is 0 Å². The molecule has 0 radical (unpaired) electrons. The standard InChI is InChI=1S/C18H34O2.CH2N2/c1-2-3-4-5-6-7-8-9-10-11-12-13-14-15-16-17-18(19)20;2-1-3/h9-10H,2-8,11-17H2,1H3,(H,19,20);2-3H/b10-9-;. The minimum absolute atomic E-state index is 0.332. The Bertz CT molecular complexity index is 308. The first-order valence-corrected chi connectivity index (χ1v) is 9.14. The Kier molecular flexibility index (Phi) is 23.7. The first-order valence-electron chi connectivity index (χ1n) is 9.14. The highest BCUT2D eigenvalue weighted by atomic mass is 16.4. The van der Waals surface area contributed by atoms with Gasteiger partial charge in [0.2, 0.25) is 0 Å². The molecule has 3 N–H and O–H groups in total. The van der Waals surface area contributed by atoms with Gasteiger partial charge in [0.15, 0.2) is 0 Å². The summed E-state index contributed by atoms with van der Waals surface area (Å²) in [6.45, 7) is 2.26. The Labute approximate surface area is 142 Å². The lowest BCUT2D eigenvalue weighted by Gasteiger charge is -1.99. The molecule has 0 unspecified atom stereocenters. The van der Waals surface area contributed by atoms with Crippen LogP contribution in [0.2, 0.25) is 0 Å². The van der Waals surface area contributed by atoms with Crippen molar-refractivity contribution in [1.82, 2.24) is 0 Å². The maximum absolute atomic E-state index is 10.3. The first-order chi connectivity index (χ1) is 11.2. The Morgan fingerprint density at radius 2 is 1.22 bits per heavy atom. The average Bonchev–Trinajstić information content (AvgIpc) is 2.51. The fourth-order valence-electron chi connectivity index (χ4n) is 2.35. The van der Waals surface area contributed by atoms with E-state index in [0.29, 0.717) is 6.42 Å². The van der Waals surface area contributed by atoms with E-state index in [1.165, 1.54) is 76.6 Å². The van der Waals surface area contributed by atoms with E-state index in [0.717, 1.165) is 12.8 Å². The van der Waals surface area contributed by atoms with Crippen molar-refractivity contribution in [3.05, 3.63) is 12.2 Å². The van der Waals surface area contributed by atoms with E-state index in [1.54, 1.807) is 0 Å². The van der Waals surface area contributed by atoms with Gasteiger partial charge in [0.25, 0.3) is 0 Å². The summed E-state index contributed by atoms with van der Waals surface area (Å²) in [5.74, 6) is -0.664. The average molecular weight is 325 g/mol. The lowest BCUT2D eigenvalue weighted by molar-refractivity contribution is -0.137.